The van der Waals surface area contributed by atoms with Gasteiger partial charge in [0, 0.05) is 30.7 Å². The van der Waals surface area contributed by atoms with E-state index >= 15 is 0 Å². The summed E-state index contributed by atoms with van der Waals surface area (Å²) in [5.74, 6) is 0.309. The van der Waals surface area contributed by atoms with Gasteiger partial charge in [-0.15, -0.1) is 0 Å². The molecule has 0 spiro atoms. The monoisotopic (exact) mass is 335 g/mol. The van der Waals surface area contributed by atoms with Gasteiger partial charge in [0.1, 0.15) is 0 Å². The summed E-state index contributed by atoms with van der Waals surface area (Å²) in [7, 11) is 0. The Balaban J connectivity index is 1.57. The van der Waals surface area contributed by atoms with Gasteiger partial charge in [0.25, 0.3) is 5.91 Å². The van der Waals surface area contributed by atoms with Crippen molar-refractivity contribution in [3.8, 4) is 0 Å². The second-order valence-electron chi connectivity index (χ2n) is 6.28. The molecule has 1 aliphatic rings. The van der Waals surface area contributed by atoms with Gasteiger partial charge in [-0.2, -0.15) is 0 Å². The van der Waals surface area contributed by atoms with Crippen molar-refractivity contribution in [1.82, 2.24) is 10.3 Å². The Morgan fingerprint density at radius 3 is 2.80 bits per heavy atom. The lowest BCUT2D eigenvalue weighted by Gasteiger charge is -2.08. The van der Waals surface area contributed by atoms with Crippen LogP contribution in [0.25, 0.3) is 0 Å². The van der Waals surface area contributed by atoms with Crippen molar-refractivity contribution in [3.63, 3.8) is 0 Å². The van der Waals surface area contributed by atoms with Gasteiger partial charge in [-0.05, 0) is 55.5 Å². The van der Waals surface area contributed by atoms with Gasteiger partial charge in [0.2, 0.25) is 5.91 Å². The zero-order valence-corrected chi connectivity index (χ0v) is 14.2. The average Bonchev–Trinajstić information content (AvgIpc) is 3.46. The molecule has 2 N–H and O–H groups in total. The maximum atomic E-state index is 12.2. The van der Waals surface area contributed by atoms with Gasteiger partial charge >= 0.3 is 0 Å². The minimum atomic E-state index is -0.211. The van der Waals surface area contributed by atoms with E-state index in [0.29, 0.717) is 23.7 Å². The molecular formula is C20H21N3O2. The van der Waals surface area contributed by atoms with Crippen molar-refractivity contribution < 1.29 is 9.59 Å². The van der Waals surface area contributed by atoms with E-state index in [1.54, 1.807) is 24.4 Å². The van der Waals surface area contributed by atoms with Crippen LogP contribution in [-0.2, 0) is 11.3 Å². The fourth-order valence-corrected chi connectivity index (χ4v) is 2.56. The first kappa shape index (κ1) is 16.9. The number of amides is 2. The average molecular weight is 335 g/mol. The molecule has 2 amide bonds. The topological polar surface area (TPSA) is 71.1 Å². The van der Waals surface area contributed by atoms with Gasteiger partial charge in [-0.3, -0.25) is 14.6 Å². The van der Waals surface area contributed by atoms with Crippen LogP contribution in [0.15, 0.2) is 60.4 Å². The third kappa shape index (κ3) is 5.01. The van der Waals surface area contributed by atoms with Crippen molar-refractivity contribution in [2.24, 2.45) is 5.92 Å². The number of rotatable bonds is 6. The fraction of sp³-hybridized carbons (Fsp3) is 0.250. The van der Waals surface area contributed by atoms with Crippen LogP contribution in [0.5, 0.6) is 0 Å². The first-order chi connectivity index (χ1) is 12.1. The lowest BCUT2D eigenvalue weighted by molar-refractivity contribution is -0.116. The largest absolute Gasteiger partial charge is 0.348 e. The fourth-order valence-electron chi connectivity index (χ4n) is 2.56. The summed E-state index contributed by atoms with van der Waals surface area (Å²) in [6.07, 6.45) is 7.21. The molecule has 2 aromatic rings. The van der Waals surface area contributed by atoms with Gasteiger partial charge in [-0.25, -0.2) is 0 Å². The molecule has 3 rings (SSSR count). The Labute approximate surface area is 147 Å². The molecule has 25 heavy (non-hydrogen) atoms. The minimum absolute atomic E-state index is 0.0748. The number of carbonyl (C=O) groups excluding carboxylic acids is 2. The number of hydrogen-bond donors (Lipinski definition) is 2. The van der Waals surface area contributed by atoms with E-state index in [1.165, 1.54) is 19.0 Å². The number of benzene rings is 1. The number of anilines is 1. The second-order valence-corrected chi connectivity index (χ2v) is 6.28. The lowest BCUT2D eigenvalue weighted by atomic mass is 10.1. The van der Waals surface area contributed by atoms with Crippen LogP contribution in [-0.4, -0.2) is 16.8 Å². The molecule has 5 nitrogen and oxygen atoms in total. The zero-order valence-electron chi connectivity index (χ0n) is 14.2. The molecule has 0 aliphatic heterocycles. The van der Waals surface area contributed by atoms with Crippen LogP contribution in [0.1, 0.15) is 35.7 Å². The summed E-state index contributed by atoms with van der Waals surface area (Å²) in [6, 6.07) is 10.9. The van der Waals surface area contributed by atoms with E-state index in [-0.39, 0.29) is 11.8 Å². The highest BCUT2D eigenvalue weighted by Gasteiger charge is 2.23. The smallest absolute Gasteiger partial charge is 0.257 e. The Morgan fingerprint density at radius 2 is 2.08 bits per heavy atom. The standard InChI is InChI=1S/C20H21N3O2/c1-14(16-7-8-16)10-19(24)22-12-15-4-2-6-18(11-15)23-20(25)17-5-3-9-21-13-17/h2-6,9-11,13,16H,7-8,12H2,1H3,(H,22,24)(H,23,25)/b14-10+. The Hall–Kier alpha value is -2.95. The molecule has 1 saturated carbocycles. The van der Waals surface area contributed by atoms with Crippen LogP contribution in [0.4, 0.5) is 5.69 Å². The number of nitrogens with one attached hydrogen (secondary N) is 2. The molecule has 0 bridgehead atoms. The normalized spacial score (nSPS) is 14.0. The molecule has 0 radical (unpaired) electrons. The number of carbonyl (C=O) groups is 2. The van der Waals surface area contributed by atoms with Gasteiger partial charge < -0.3 is 10.6 Å². The molecule has 1 aromatic heterocycles. The van der Waals surface area contributed by atoms with Crippen molar-refractivity contribution in [1.29, 1.82) is 0 Å². The maximum absolute atomic E-state index is 12.2. The summed E-state index contributed by atoms with van der Waals surface area (Å²) in [4.78, 5) is 28.0. The van der Waals surface area contributed by atoms with Gasteiger partial charge in [-0.1, -0.05) is 17.7 Å². The molecule has 0 atom stereocenters. The summed E-state index contributed by atoms with van der Waals surface area (Å²) >= 11 is 0. The van der Waals surface area contributed by atoms with Crippen molar-refractivity contribution in [3.05, 3.63) is 71.6 Å². The van der Waals surface area contributed by atoms with Crippen LogP contribution in [0.3, 0.4) is 0 Å². The summed E-state index contributed by atoms with van der Waals surface area (Å²) in [6.45, 7) is 2.43. The highest BCUT2D eigenvalue weighted by atomic mass is 16.2. The van der Waals surface area contributed by atoms with Crippen molar-refractivity contribution in [2.75, 3.05) is 5.32 Å². The van der Waals surface area contributed by atoms with Crippen LogP contribution in [0, 0.1) is 5.92 Å². The molecule has 1 fully saturated rings. The summed E-state index contributed by atoms with van der Waals surface area (Å²) in [5.41, 5.74) is 3.26. The predicted molar refractivity (Wildman–Crippen MR) is 97.0 cm³/mol. The predicted octanol–water partition coefficient (Wildman–Crippen LogP) is 3.31. The second kappa shape index (κ2) is 7.75. The van der Waals surface area contributed by atoms with E-state index in [2.05, 4.69) is 15.6 Å². The quantitative estimate of drug-likeness (QED) is 0.796. The third-order valence-electron chi connectivity index (χ3n) is 4.16. The number of nitrogens with zero attached hydrogens (tertiary/aromatic N) is 1. The number of allylic oxidation sites excluding steroid dienone is 1. The van der Waals surface area contributed by atoms with E-state index in [4.69, 9.17) is 0 Å². The summed E-state index contributed by atoms with van der Waals surface area (Å²) < 4.78 is 0. The van der Waals surface area contributed by atoms with Gasteiger partial charge in [0.05, 0.1) is 5.56 Å². The highest BCUT2D eigenvalue weighted by molar-refractivity contribution is 6.04. The highest BCUT2D eigenvalue weighted by Crippen LogP contribution is 2.35. The molecule has 128 valence electrons. The van der Waals surface area contributed by atoms with E-state index in [0.717, 1.165) is 11.1 Å². The minimum Gasteiger partial charge on any atom is -0.348 e. The Bertz CT molecular complexity index is 796. The molecular weight excluding hydrogens is 314 g/mol. The first-order valence-electron chi connectivity index (χ1n) is 8.38. The molecule has 1 heterocycles. The van der Waals surface area contributed by atoms with E-state index < -0.39 is 0 Å². The van der Waals surface area contributed by atoms with E-state index in [1.807, 2.05) is 31.2 Å². The third-order valence-corrected chi connectivity index (χ3v) is 4.16. The first-order valence-corrected chi connectivity index (χ1v) is 8.38. The van der Waals surface area contributed by atoms with Crippen LogP contribution in [0.2, 0.25) is 0 Å². The maximum Gasteiger partial charge on any atom is 0.257 e. The molecule has 0 unspecified atom stereocenters. The molecule has 1 aliphatic carbocycles. The van der Waals surface area contributed by atoms with E-state index in [9.17, 15) is 9.59 Å². The number of hydrogen-bond acceptors (Lipinski definition) is 3. The number of aromatic nitrogens is 1. The zero-order chi connectivity index (χ0) is 17.6. The van der Waals surface area contributed by atoms with Gasteiger partial charge in [0.15, 0.2) is 0 Å². The molecule has 1 aromatic carbocycles. The number of pyridine rings is 1. The summed E-state index contributed by atoms with van der Waals surface area (Å²) in [5, 5.41) is 5.72. The molecule has 5 heteroatoms. The Morgan fingerprint density at radius 1 is 1.24 bits per heavy atom. The molecule has 0 saturated heterocycles. The Kier molecular flexibility index (Phi) is 5.23. The van der Waals surface area contributed by atoms with Crippen molar-refractivity contribution in [2.45, 2.75) is 26.3 Å². The van der Waals surface area contributed by atoms with Crippen LogP contribution < -0.4 is 10.6 Å². The lowest BCUT2D eigenvalue weighted by Crippen LogP contribution is -2.21. The van der Waals surface area contributed by atoms with Crippen molar-refractivity contribution >= 4 is 17.5 Å². The van der Waals surface area contributed by atoms with Crippen LogP contribution >= 0.6 is 0 Å². The SMILES string of the molecule is C/C(=C\C(=O)NCc1cccc(NC(=O)c2cccnc2)c1)C1CC1.